The Hall–Kier alpha value is -3.98. The van der Waals surface area contributed by atoms with E-state index in [-0.39, 0.29) is 29.1 Å². The molecule has 1 unspecified atom stereocenters. The fourth-order valence-corrected chi connectivity index (χ4v) is 3.05. The van der Waals surface area contributed by atoms with E-state index < -0.39 is 6.04 Å². The molecule has 0 spiro atoms. The molecule has 3 rings (SSSR count). The van der Waals surface area contributed by atoms with Crippen molar-refractivity contribution in [2.45, 2.75) is 32.9 Å². The topological polar surface area (TPSA) is 158 Å². The molecule has 9 nitrogen and oxygen atoms in total. The molecule has 1 aromatic heterocycles. The highest BCUT2D eigenvalue weighted by atomic mass is 16.5. The zero-order chi connectivity index (χ0) is 20.4. The predicted octanol–water partition coefficient (Wildman–Crippen LogP) is 2.15. The second kappa shape index (κ2) is 7.33. The summed E-state index contributed by atoms with van der Waals surface area (Å²) in [6, 6.07) is 7.10. The molecule has 0 bridgehead atoms. The van der Waals surface area contributed by atoms with Crippen molar-refractivity contribution in [3.8, 4) is 18.0 Å². The minimum absolute atomic E-state index is 0.0140. The van der Waals surface area contributed by atoms with E-state index in [0.29, 0.717) is 11.4 Å². The molecule has 6 N–H and O–H groups in total. The number of benzene rings is 1. The third-order valence-corrected chi connectivity index (χ3v) is 4.23. The lowest BCUT2D eigenvalue weighted by atomic mass is 9.94. The van der Waals surface area contributed by atoms with Crippen LogP contribution in [-0.4, -0.2) is 17.0 Å². The first-order chi connectivity index (χ1) is 13.3. The normalized spacial score (nSPS) is 14.9. The molecule has 1 aliphatic heterocycles. The molecule has 0 aliphatic carbocycles. The van der Waals surface area contributed by atoms with Gasteiger partial charge in [-0.1, -0.05) is 6.07 Å². The quantitative estimate of drug-likeness (QED) is 0.468. The second-order valence-electron chi connectivity index (χ2n) is 6.59. The van der Waals surface area contributed by atoms with Gasteiger partial charge >= 0.3 is 0 Å². The van der Waals surface area contributed by atoms with Crippen LogP contribution < -0.4 is 26.8 Å². The molecule has 0 radical (unpaired) electrons. The molecule has 1 aromatic carbocycles. The number of fused-ring (bicyclic) bond motifs is 1. The summed E-state index contributed by atoms with van der Waals surface area (Å²) in [6.07, 6.45) is 1.88. The summed E-state index contributed by atoms with van der Waals surface area (Å²) in [5, 5.41) is 23.7. The maximum Gasteiger partial charge on any atom is 0.211 e. The van der Waals surface area contributed by atoms with Crippen molar-refractivity contribution in [3.05, 3.63) is 40.5 Å². The lowest BCUT2D eigenvalue weighted by Crippen LogP contribution is -2.32. The van der Waals surface area contributed by atoms with Gasteiger partial charge in [-0.05, 0) is 44.0 Å². The highest BCUT2D eigenvalue weighted by Gasteiger charge is 2.29. The average Bonchev–Trinajstić information content (AvgIpc) is 2.63. The van der Waals surface area contributed by atoms with Crippen molar-refractivity contribution >= 4 is 23.3 Å². The number of nitriles is 2. The van der Waals surface area contributed by atoms with Gasteiger partial charge in [0, 0.05) is 5.56 Å². The minimum atomic E-state index is -0.570. The third kappa shape index (κ3) is 3.33. The zero-order valence-corrected chi connectivity index (χ0v) is 15.7. The van der Waals surface area contributed by atoms with Crippen molar-refractivity contribution < 1.29 is 4.74 Å². The fourth-order valence-electron chi connectivity index (χ4n) is 3.05. The number of pyridine rings is 1. The van der Waals surface area contributed by atoms with Crippen LogP contribution in [0.4, 0.5) is 17.3 Å². The Morgan fingerprint density at radius 3 is 2.64 bits per heavy atom. The summed E-state index contributed by atoms with van der Waals surface area (Å²) in [4.78, 5) is 8.78. The maximum atomic E-state index is 9.38. The zero-order valence-electron chi connectivity index (χ0n) is 15.7. The molecule has 2 aromatic rings. The fraction of sp³-hybridized carbons (Fsp3) is 0.263. The van der Waals surface area contributed by atoms with Crippen LogP contribution in [0.1, 0.15) is 42.1 Å². The molecule has 1 atom stereocenters. The number of aromatic nitrogens is 1. The van der Waals surface area contributed by atoms with Crippen LogP contribution in [0.2, 0.25) is 0 Å². The number of nitrogen functional groups attached to an aromatic ring is 2. The van der Waals surface area contributed by atoms with Crippen molar-refractivity contribution in [2.75, 3.05) is 16.8 Å². The highest BCUT2D eigenvalue weighted by Crippen LogP contribution is 2.41. The number of guanidine groups is 1. The first kappa shape index (κ1) is 18.8. The van der Waals surface area contributed by atoms with Crippen LogP contribution in [0.25, 0.3) is 0 Å². The minimum Gasteiger partial charge on any atom is -0.491 e. The van der Waals surface area contributed by atoms with Crippen LogP contribution in [0.5, 0.6) is 5.75 Å². The van der Waals surface area contributed by atoms with Gasteiger partial charge < -0.3 is 21.5 Å². The smallest absolute Gasteiger partial charge is 0.211 e. The van der Waals surface area contributed by atoms with Crippen LogP contribution in [0.15, 0.2) is 23.2 Å². The number of anilines is 3. The number of nitrogens with two attached hydrogens (primary N) is 2. The van der Waals surface area contributed by atoms with E-state index >= 15 is 0 Å². The number of nitrogens with one attached hydrogen (secondary N) is 2. The Kier molecular flexibility index (Phi) is 4.92. The molecule has 0 saturated carbocycles. The molecule has 9 heteroatoms. The summed E-state index contributed by atoms with van der Waals surface area (Å²) in [6.45, 7) is 5.86. The van der Waals surface area contributed by atoms with Crippen LogP contribution in [0, 0.1) is 29.7 Å². The molecular weight excluding hydrogens is 356 g/mol. The third-order valence-electron chi connectivity index (χ3n) is 4.23. The van der Waals surface area contributed by atoms with E-state index in [2.05, 4.69) is 20.6 Å². The summed E-state index contributed by atoms with van der Waals surface area (Å²) in [5.41, 5.74) is 14.7. The highest BCUT2D eigenvalue weighted by molar-refractivity contribution is 5.98. The Morgan fingerprint density at radius 1 is 1.29 bits per heavy atom. The van der Waals surface area contributed by atoms with Gasteiger partial charge in [-0.2, -0.15) is 10.5 Å². The Bertz CT molecular complexity index is 1050. The van der Waals surface area contributed by atoms with Gasteiger partial charge in [0.25, 0.3) is 0 Å². The second-order valence-corrected chi connectivity index (χ2v) is 6.59. The predicted molar refractivity (Wildman–Crippen MR) is 106 cm³/mol. The van der Waals surface area contributed by atoms with E-state index in [0.717, 1.165) is 16.9 Å². The van der Waals surface area contributed by atoms with Crippen LogP contribution in [0.3, 0.4) is 0 Å². The lowest BCUT2D eigenvalue weighted by molar-refractivity contribution is 0.240. The SMILES string of the molecule is Cc1cc(C2N=C(NC#N)Nc3nc(N)c(C#N)c(N)c32)ccc1OC(C)C. The van der Waals surface area contributed by atoms with Gasteiger partial charge in [-0.25, -0.2) is 9.98 Å². The van der Waals surface area contributed by atoms with E-state index in [1.807, 2.05) is 51.2 Å². The largest absolute Gasteiger partial charge is 0.491 e. The summed E-state index contributed by atoms with van der Waals surface area (Å²) in [5.74, 6) is 1.36. The molecule has 28 heavy (non-hydrogen) atoms. The van der Waals surface area contributed by atoms with Gasteiger partial charge in [-0.15, -0.1) is 0 Å². The first-order valence-electron chi connectivity index (χ1n) is 8.61. The van der Waals surface area contributed by atoms with E-state index in [1.54, 1.807) is 0 Å². The number of nitrogens with zero attached hydrogens (tertiary/aromatic N) is 4. The van der Waals surface area contributed by atoms with E-state index in [1.165, 1.54) is 0 Å². The number of hydrogen-bond donors (Lipinski definition) is 4. The van der Waals surface area contributed by atoms with Crippen LogP contribution in [-0.2, 0) is 0 Å². The first-order valence-corrected chi connectivity index (χ1v) is 8.61. The van der Waals surface area contributed by atoms with E-state index in [9.17, 15) is 5.26 Å². The van der Waals surface area contributed by atoms with Crippen LogP contribution >= 0.6 is 0 Å². The molecular formula is C19H20N8O. The molecule has 142 valence electrons. The standard InChI is InChI=1S/C19H20N8O/c1-9(2)28-13-5-4-11(6-10(13)3)16-14-15(22)12(7-20)17(23)26-18(14)27-19(25-16)24-8-21/h4-6,9,16H,1-3H3,(H6,22,23,24,25,26,27). The number of aryl methyl sites for hydroxylation is 1. The number of rotatable bonds is 3. The maximum absolute atomic E-state index is 9.38. The van der Waals surface area contributed by atoms with Crippen molar-refractivity contribution in [1.82, 2.24) is 10.3 Å². The Balaban J connectivity index is 2.16. The van der Waals surface area contributed by atoms with Gasteiger partial charge in [0.05, 0.1) is 11.8 Å². The van der Waals surface area contributed by atoms with Gasteiger partial charge in [0.2, 0.25) is 5.96 Å². The Morgan fingerprint density at radius 2 is 2.04 bits per heavy atom. The van der Waals surface area contributed by atoms with Crippen molar-refractivity contribution in [1.29, 1.82) is 10.5 Å². The van der Waals surface area contributed by atoms with Gasteiger partial charge in [0.15, 0.2) is 6.19 Å². The lowest BCUT2D eigenvalue weighted by Gasteiger charge is -2.26. The van der Waals surface area contributed by atoms with E-state index in [4.69, 9.17) is 21.5 Å². The molecule has 0 fully saturated rings. The number of hydrogen-bond acceptors (Lipinski definition) is 9. The summed E-state index contributed by atoms with van der Waals surface area (Å²) >= 11 is 0. The molecule has 2 heterocycles. The number of ether oxygens (including phenoxy) is 1. The Labute approximate surface area is 162 Å². The summed E-state index contributed by atoms with van der Waals surface area (Å²) < 4.78 is 5.79. The molecule has 0 amide bonds. The molecule has 1 aliphatic rings. The van der Waals surface area contributed by atoms with Crippen molar-refractivity contribution in [2.24, 2.45) is 4.99 Å². The molecule has 0 saturated heterocycles. The van der Waals surface area contributed by atoms with Gasteiger partial charge in [0.1, 0.15) is 35.1 Å². The monoisotopic (exact) mass is 376 g/mol. The summed E-state index contributed by atoms with van der Waals surface area (Å²) in [7, 11) is 0. The van der Waals surface area contributed by atoms with Gasteiger partial charge in [-0.3, -0.25) is 5.32 Å². The average molecular weight is 376 g/mol. The number of aliphatic imine (C=N–C) groups is 1. The van der Waals surface area contributed by atoms with Crippen molar-refractivity contribution in [3.63, 3.8) is 0 Å².